The molecule has 20 heteroatoms. The van der Waals surface area contributed by atoms with Crippen LogP contribution in [0.3, 0.4) is 0 Å². The normalized spacial score (nSPS) is 21.0. The van der Waals surface area contributed by atoms with Gasteiger partial charge in [0.15, 0.2) is 17.0 Å². The molecule has 0 radical (unpaired) electrons. The van der Waals surface area contributed by atoms with E-state index in [-0.39, 0.29) is 24.2 Å². The predicted molar refractivity (Wildman–Crippen MR) is 412 cm³/mol. The molecule has 6 aliphatic rings. The molecule has 6 atom stereocenters. The van der Waals surface area contributed by atoms with Gasteiger partial charge in [0, 0.05) is 150 Å². The third-order valence-corrected chi connectivity index (χ3v) is 22.9. The number of hydrogen-bond donors (Lipinski definition) is 3. The van der Waals surface area contributed by atoms with Crippen LogP contribution in [0.2, 0.25) is 0 Å². The number of hydrogen-bond acceptors (Lipinski definition) is 9. The molecule has 9 aromatic rings. The van der Waals surface area contributed by atoms with Crippen molar-refractivity contribution in [3.63, 3.8) is 0 Å². The van der Waals surface area contributed by atoms with Gasteiger partial charge in [-0.15, -0.1) is 0 Å². The molecule has 6 aliphatic heterocycles. The van der Waals surface area contributed by atoms with Gasteiger partial charge < -0.3 is 43.9 Å². The van der Waals surface area contributed by atoms with Gasteiger partial charge in [0.1, 0.15) is 60.8 Å². The summed E-state index contributed by atoms with van der Waals surface area (Å²) < 4.78 is 93.8. The Morgan fingerprint density at radius 3 is 1.01 bits per heavy atom. The number of carbonyl (C=O) groups excluding carboxylic acids is 3. The number of benzene rings is 6. The number of ether oxygens (including phenoxy) is 3. The second kappa shape index (κ2) is 31.5. The van der Waals surface area contributed by atoms with Crippen molar-refractivity contribution >= 4 is 50.4 Å². The van der Waals surface area contributed by atoms with Crippen LogP contribution in [0.5, 0.6) is 17.2 Å². The van der Waals surface area contributed by atoms with Crippen molar-refractivity contribution in [2.24, 2.45) is 17.8 Å². The first-order valence-corrected chi connectivity index (χ1v) is 38.7. The lowest BCUT2D eigenvalue weighted by molar-refractivity contribution is -0.147. The van der Waals surface area contributed by atoms with Gasteiger partial charge in [0.05, 0.1) is 6.04 Å². The first kappa shape index (κ1) is 76.5. The van der Waals surface area contributed by atoms with E-state index in [4.69, 9.17) is 14.2 Å². The molecule has 0 spiro atoms. The Morgan fingerprint density at radius 2 is 0.701 bits per heavy atom. The maximum Gasteiger partial charge on any atom is 0.260 e. The Bertz CT molecular complexity index is 4430. The zero-order valence-electron chi connectivity index (χ0n) is 64.1. The van der Waals surface area contributed by atoms with E-state index in [2.05, 4.69) is 62.6 Å². The zero-order valence-corrected chi connectivity index (χ0v) is 64.1. The number of nitrogens with zero attached hydrogens (tertiary/aromatic N) is 6. The van der Waals surface area contributed by atoms with Gasteiger partial charge in [-0.1, -0.05) is 107 Å². The summed E-state index contributed by atoms with van der Waals surface area (Å²) in [5.41, 5.74) is 4.12. The highest BCUT2D eigenvalue weighted by atomic mass is 19.2. The van der Waals surface area contributed by atoms with E-state index in [9.17, 15) is 27.6 Å². The van der Waals surface area contributed by atoms with Crippen molar-refractivity contribution in [2.45, 2.75) is 175 Å². The van der Waals surface area contributed by atoms with Crippen molar-refractivity contribution < 1.29 is 50.5 Å². The number of rotatable bonds is 21. The maximum absolute atomic E-state index is 15.7. The van der Waals surface area contributed by atoms with Gasteiger partial charge in [-0.2, -0.15) is 0 Å². The summed E-state index contributed by atoms with van der Waals surface area (Å²) in [6.45, 7) is 31.1. The molecule has 3 saturated heterocycles. The number of amides is 3. The third-order valence-electron chi connectivity index (χ3n) is 22.9. The quantitative estimate of drug-likeness (QED) is 0.0599. The van der Waals surface area contributed by atoms with Crippen molar-refractivity contribution in [2.75, 3.05) is 78.7 Å². The van der Waals surface area contributed by atoms with Gasteiger partial charge in [-0.25, -0.2) is 22.0 Å². The van der Waals surface area contributed by atoms with Crippen LogP contribution in [0.1, 0.15) is 171 Å². The lowest BCUT2D eigenvalue weighted by atomic mass is 9.87. The molecule has 3 fully saturated rings. The molecule has 0 bridgehead atoms. The molecule has 3 amide bonds. The van der Waals surface area contributed by atoms with E-state index in [1.54, 1.807) is 29.2 Å². The first-order chi connectivity index (χ1) is 51.1. The number of aromatic nitrogens is 3. The summed E-state index contributed by atoms with van der Waals surface area (Å²) in [6.07, 6.45) is 5.46. The van der Waals surface area contributed by atoms with Gasteiger partial charge in [-0.3, -0.25) is 29.1 Å². The maximum atomic E-state index is 15.7. The van der Waals surface area contributed by atoms with Crippen LogP contribution in [0.25, 0.3) is 32.7 Å². The monoisotopic (exact) mass is 1470 g/mol. The lowest BCUT2D eigenvalue weighted by Gasteiger charge is -2.42. The van der Waals surface area contributed by atoms with Crippen LogP contribution in [-0.4, -0.2) is 176 Å². The van der Waals surface area contributed by atoms with Gasteiger partial charge in [-0.05, 0) is 176 Å². The summed E-state index contributed by atoms with van der Waals surface area (Å²) in [4.78, 5) is 62.1. The Labute approximate surface area is 626 Å². The van der Waals surface area contributed by atoms with Crippen LogP contribution < -0.4 is 14.2 Å². The van der Waals surface area contributed by atoms with Crippen molar-refractivity contribution in [3.05, 3.63) is 196 Å². The minimum Gasteiger partial charge on any atom is -0.492 e. The van der Waals surface area contributed by atoms with E-state index in [0.29, 0.717) is 61.7 Å². The minimum absolute atomic E-state index is 0.131. The summed E-state index contributed by atoms with van der Waals surface area (Å²) in [5.74, 6) is 1.37. The molecule has 3 aromatic heterocycles. The molecule has 15 nitrogen and oxygen atoms in total. The van der Waals surface area contributed by atoms with Crippen molar-refractivity contribution in [1.82, 2.24) is 44.4 Å². The van der Waals surface area contributed by atoms with Gasteiger partial charge >= 0.3 is 0 Å². The Balaban J connectivity index is 0.000000142. The number of nitrogens with one attached hydrogen (secondary N) is 3. The van der Waals surface area contributed by atoms with Crippen LogP contribution in [-0.2, 0) is 33.6 Å². The van der Waals surface area contributed by atoms with Crippen LogP contribution >= 0.6 is 0 Å². The number of likely N-dealkylation sites (tertiary alicyclic amines) is 3. The SMILES string of the molecule is CCC1CN(CCOc2ccc([C@@H]3c4[nH]c5ccccc5c4C[C@@H](C)N3C(=O)C(C)(C)F)c(F)c2)C1.CCC1CN(CCOc2ccc([C@@H]3c4[nH]c5ccccc5c4C[C@@H](C)N3C(=O)C(C)(C)F)cc2)C1.CCC1CN(CCOc2ccc([C@H]3c4[nH]c5ccccc5c4C[C@@H](C)N3C(=O)C(C)(C)F)c(F)c2)C1. The number of alkyl halides is 3. The predicted octanol–water partition coefficient (Wildman–Crippen LogP) is 16.8. The number of H-pyrrole nitrogens is 3. The zero-order chi connectivity index (χ0) is 76.0. The van der Waals surface area contributed by atoms with E-state index in [1.165, 1.54) is 107 Å². The summed E-state index contributed by atoms with van der Waals surface area (Å²) in [7, 11) is 0. The van der Waals surface area contributed by atoms with Crippen molar-refractivity contribution in [3.8, 4) is 17.2 Å². The van der Waals surface area contributed by atoms with Crippen LogP contribution in [0, 0.1) is 29.4 Å². The standard InChI is InChI=1S/2C29H35F2N3O2.C29H36FN3O2/c2*1-5-19-16-33(17-19)12-13-36-20-10-11-22(24(30)15-20)27-26-23(21-8-6-7-9-25(21)32-26)14-18(2)34(27)28(35)29(3,4)31;1-5-20-17-32(18-20)14-15-35-22-12-10-21(11-13-22)27-26-24(23-8-6-7-9-25(23)31-26)16-19(2)33(27)28(34)29(3,4)30/h2*6-11,15,18-19,27,32H,5,12-14,16-17H2,1-4H3;6-13,19-20,27,31H,5,14-18H2,1-4H3/t18-,27+;18-,27-;19-,27-/m111/s1. The molecular weight excluding hydrogens is 1360 g/mol. The first-order valence-electron chi connectivity index (χ1n) is 38.7. The van der Waals surface area contributed by atoms with Crippen LogP contribution in [0.4, 0.5) is 22.0 Å². The van der Waals surface area contributed by atoms with E-state index < -0.39 is 58.4 Å². The number of para-hydroxylation sites is 3. The fraction of sp³-hybridized carbons (Fsp3) is 0.483. The Kier molecular flexibility index (Phi) is 22.5. The average molecular weight is 1470 g/mol. The highest BCUT2D eigenvalue weighted by molar-refractivity contribution is 5.92. The second-order valence-electron chi connectivity index (χ2n) is 32.2. The second-order valence-corrected chi connectivity index (χ2v) is 32.2. The van der Waals surface area contributed by atoms with Gasteiger partial charge in [0.2, 0.25) is 0 Å². The van der Waals surface area contributed by atoms with Crippen molar-refractivity contribution in [1.29, 1.82) is 0 Å². The Morgan fingerprint density at radius 1 is 0.411 bits per heavy atom. The largest absolute Gasteiger partial charge is 0.492 e. The van der Waals surface area contributed by atoms with E-state index >= 15 is 8.78 Å². The topological polar surface area (TPSA) is 146 Å². The number of carbonyl (C=O) groups is 3. The molecule has 0 saturated carbocycles. The average Bonchev–Trinajstić information content (AvgIpc) is 1.66. The smallest absolute Gasteiger partial charge is 0.260 e. The van der Waals surface area contributed by atoms with Crippen LogP contribution in [0.15, 0.2) is 133 Å². The van der Waals surface area contributed by atoms with E-state index in [0.717, 1.165) is 130 Å². The number of halogens is 5. The molecule has 0 unspecified atom stereocenters. The fourth-order valence-electron chi connectivity index (χ4n) is 16.8. The molecule has 0 aliphatic carbocycles. The molecule has 6 aromatic carbocycles. The third kappa shape index (κ3) is 16.1. The molecule has 570 valence electrons. The van der Waals surface area contributed by atoms with E-state index in [1.807, 2.05) is 106 Å². The Hall–Kier alpha value is -8.72. The summed E-state index contributed by atoms with van der Waals surface area (Å²) >= 11 is 0. The minimum atomic E-state index is -2.08. The lowest BCUT2D eigenvalue weighted by Crippen LogP contribution is -2.52. The number of fused-ring (bicyclic) bond motifs is 9. The number of aromatic amines is 3. The molecular formula is C87H106F5N9O6. The highest BCUT2D eigenvalue weighted by Gasteiger charge is 2.48. The molecule has 9 heterocycles. The summed E-state index contributed by atoms with van der Waals surface area (Å²) in [5, 5.41) is 3.27. The summed E-state index contributed by atoms with van der Waals surface area (Å²) in [6, 6.07) is 38.9. The highest BCUT2D eigenvalue weighted by Crippen LogP contribution is 2.47. The molecule has 15 rings (SSSR count). The molecule has 3 N–H and O–H groups in total. The fourth-order valence-corrected chi connectivity index (χ4v) is 16.8. The molecule has 107 heavy (non-hydrogen) atoms. The van der Waals surface area contributed by atoms with Gasteiger partial charge in [0.25, 0.3) is 17.7 Å².